The fraction of sp³-hybridized carbons (Fsp3) is 0.300. The molecule has 15 rings (SSSR count). The zero-order valence-electron chi connectivity index (χ0n) is 72.4. The second-order valence-electron chi connectivity index (χ2n) is 29.5. The summed E-state index contributed by atoms with van der Waals surface area (Å²) in [6, 6.07) is 51.5. The lowest BCUT2D eigenvalue weighted by atomic mass is 9.93. The van der Waals surface area contributed by atoms with Crippen LogP contribution in [0.15, 0.2) is 201 Å². The number of nitrogens with two attached hydrogens (primary N) is 1. The maximum absolute atomic E-state index is 13.1. The highest BCUT2D eigenvalue weighted by atomic mass is 35.5. The number of rotatable bonds is 27. The number of aromatic nitrogens is 11. The number of esters is 1. The highest BCUT2D eigenvalue weighted by molar-refractivity contribution is 8.00. The molecule has 2 aliphatic heterocycles. The van der Waals surface area contributed by atoms with Crippen LogP contribution in [0.1, 0.15) is 93.2 Å². The summed E-state index contributed by atoms with van der Waals surface area (Å²) in [4.78, 5) is 113. The summed E-state index contributed by atoms with van der Waals surface area (Å²) in [5, 5.41) is 47.3. The van der Waals surface area contributed by atoms with Gasteiger partial charge in [0.15, 0.2) is 39.8 Å². The van der Waals surface area contributed by atoms with Crippen LogP contribution >= 0.6 is 46.9 Å². The Labute approximate surface area is 760 Å². The van der Waals surface area contributed by atoms with Crippen molar-refractivity contribution in [3.05, 3.63) is 225 Å². The first-order valence-corrected chi connectivity index (χ1v) is 44.2. The van der Waals surface area contributed by atoms with Gasteiger partial charge in [-0.1, -0.05) is 132 Å². The molecular weight excluding hydrogens is 1730 g/mol. The number of hydrogen-bond donors (Lipinski definition) is 6. The number of ether oxygens (including phenoxy) is 6. The first kappa shape index (κ1) is 96.0. The SMILES string of the molecule is CC(=O)Nc1cc2c(cc1NC(=O)c1cc3ccccc3oc1=O)OCCO2.CN(C)CCN(C(=O)Cc1ccc2c(c1)OCCCO2)C1CCCCC1.COC(=O)c1cccc(NC(=O)CSc2nnnn2-c2cc(OC)ccc2C)c1.Cc1ccc(NC(=O)CSc2nnc(-c3ccccc3N)n2C)cc1.Cn1nnnc1SCC(=O)CNC(=O)c1ccc(Cl)cc1. The van der Waals surface area contributed by atoms with Gasteiger partial charge in [0.05, 0.1) is 80.3 Å². The van der Waals surface area contributed by atoms with Crippen LogP contribution in [0.5, 0.6) is 28.7 Å². The highest BCUT2D eigenvalue weighted by Gasteiger charge is 2.28. The largest absolute Gasteiger partial charge is 0.497 e. The number of benzene rings is 8. The molecule has 1 saturated carbocycles. The third-order valence-electron chi connectivity index (χ3n) is 19.6. The number of nitrogens with one attached hydrogen (secondary N) is 5. The maximum atomic E-state index is 13.1. The monoisotopic (exact) mass is 1830 g/mol. The van der Waals surface area contributed by atoms with Crippen molar-refractivity contribution < 1.29 is 71.2 Å². The number of aryl methyl sites for hydroxylation is 3. The standard InChI is InChI=1S/C21H32N2O3.C20H16N2O6.C19H19N5O4S.C18H19N5OS.C12H12ClN5O2S/c1-22(2)11-12-23(18-7-4-3-5-8-18)21(24)16-17-9-10-19-20(15-17)26-14-6-13-25-19;1-11(23)21-14-9-17-18(27-7-6-26-17)10-15(14)22-19(24)13-8-12-4-2-3-5-16(12)28-20(13)25;1-12-7-8-15(27-2)10-16(12)24-19(21-22-23-24)29-11-17(25)20-14-6-4-5-13(9-14)18(26)28-3;1-12-7-9-13(10-8-12)20-16(24)11-25-18-22-21-17(23(18)2)14-5-3-4-6-15(14)19;1-18-12(15-16-17-18)21-7-10(19)6-14-11(20)8-2-4-9(13)5-3-8/h9-10,15,18H,3-8,11-14,16H2,1-2H3;2-5,8-10H,6-7H2,1H3,(H,21,23)(H,22,24);4-10H,11H2,1-3H3,(H,20,25);3-10H,11,19H2,1-2H3,(H,20,24);2-5H,6-7H2,1H3,(H,14,20). The van der Waals surface area contributed by atoms with Crippen LogP contribution in [-0.4, -0.2) is 210 Å². The van der Waals surface area contributed by atoms with Gasteiger partial charge in [0.25, 0.3) is 11.8 Å². The maximum Gasteiger partial charge on any atom is 0.349 e. The summed E-state index contributed by atoms with van der Waals surface area (Å²) >= 11 is 9.49. The van der Waals surface area contributed by atoms with Crippen molar-refractivity contribution in [2.45, 2.75) is 87.2 Å². The Morgan fingerprint density at radius 2 is 1.24 bits per heavy atom. The van der Waals surface area contributed by atoms with E-state index in [1.165, 1.54) is 79.3 Å². The minimum atomic E-state index is -0.755. The summed E-state index contributed by atoms with van der Waals surface area (Å²) in [5.41, 5.74) is 13.5. The van der Waals surface area contributed by atoms with Crippen LogP contribution in [0.2, 0.25) is 5.02 Å². The van der Waals surface area contributed by atoms with E-state index in [0.717, 1.165) is 77.5 Å². The topological polar surface area (TPSA) is 433 Å². The smallest absolute Gasteiger partial charge is 0.349 e. The Kier molecular flexibility index (Phi) is 35.5. The van der Waals surface area contributed by atoms with Crippen molar-refractivity contribution in [3.8, 4) is 45.8 Å². The lowest BCUT2D eigenvalue weighted by molar-refractivity contribution is -0.133. The molecule has 35 nitrogen and oxygen atoms in total. The van der Waals surface area contributed by atoms with E-state index < -0.39 is 17.5 Å². The number of carbonyl (C=O) groups excluding carboxylic acids is 8. The van der Waals surface area contributed by atoms with Crippen LogP contribution < -0.4 is 61.6 Å². The number of methoxy groups -OCH3 is 2. The molecule has 8 aromatic carbocycles. The van der Waals surface area contributed by atoms with E-state index in [0.29, 0.717) is 122 Å². The molecule has 39 heteroatoms. The number of likely N-dealkylation sites (N-methyl/N-ethyl adjacent to an activating group) is 1. The summed E-state index contributed by atoms with van der Waals surface area (Å²) in [6.45, 7) is 9.07. The van der Waals surface area contributed by atoms with Crippen molar-refractivity contribution in [3.63, 3.8) is 0 Å². The molecule has 12 aromatic rings. The first-order valence-electron chi connectivity index (χ1n) is 40.8. The van der Waals surface area contributed by atoms with Gasteiger partial charge in [-0.15, -0.1) is 20.4 Å². The van der Waals surface area contributed by atoms with Crippen molar-refractivity contribution in [1.82, 2.24) is 70.3 Å². The number of halogens is 1. The third-order valence-corrected chi connectivity index (χ3v) is 22.9. The van der Waals surface area contributed by atoms with Crippen LogP contribution in [0, 0.1) is 13.8 Å². The van der Waals surface area contributed by atoms with Gasteiger partial charge < -0.3 is 79.5 Å². The number of Topliss-reactive ketones (excluding diaryl/α,β-unsaturated/α-hetero) is 1. The van der Waals surface area contributed by atoms with E-state index in [1.807, 2.05) is 110 Å². The molecule has 129 heavy (non-hydrogen) atoms. The van der Waals surface area contributed by atoms with Gasteiger partial charge in [-0.3, -0.25) is 33.6 Å². The van der Waals surface area contributed by atoms with Crippen LogP contribution in [0.3, 0.4) is 0 Å². The number of amides is 6. The molecule has 3 aliphatic rings. The Hall–Kier alpha value is -13.7. The molecule has 1 aliphatic carbocycles. The number of nitrogens with zero attached hydrogens (tertiary/aromatic N) is 13. The van der Waals surface area contributed by atoms with Crippen LogP contribution in [-0.2, 0) is 49.2 Å². The molecule has 0 saturated heterocycles. The van der Waals surface area contributed by atoms with Crippen molar-refractivity contribution >= 4 is 133 Å². The fourth-order valence-corrected chi connectivity index (χ4v) is 15.2. The lowest BCUT2D eigenvalue weighted by Crippen LogP contribution is -2.45. The van der Waals surface area contributed by atoms with E-state index in [-0.39, 0.29) is 70.4 Å². The number of tetrazole rings is 2. The number of carbonyl (C=O) groups is 8. The third kappa shape index (κ3) is 28.4. The number of anilines is 5. The van der Waals surface area contributed by atoms with Gasteiger partial charge in [0, 0.05) is 103 Å². The summed E-state index contributed by atoms with van der Waals surface area (Å²) < 4.78 is 42.5. The molecule has 0 spiro atoms. The van der Waals surface area contributed by atoms with Crippen molar-refractivity contribution in [2.24, 2.45) is 14.1 Å². The van der Waals surface area contributed by atoms with Gasteiger partial charge in [0.1, 0.15) is 30.1 Å². The van der Waals surface area contributed by atoms with Gasteiger partial charge in [0.2, 0.25) is 33.9 Å². The van der Waals surface area contributed by atoms with Crippen LogP contribution in [0.4, 0.5) is 28.4 Å². The first-order chi connectivity index (χ1) is 62.3. The second-order valence-corrected chi connectivity index (χ2v) is 32.8. The zero-order chi connectivity index (χ0) is 91.9. The molecule has 0 radical (unpaired) electrons. The average Bonchev–Trinajstić information content (AvgIpc) is 1.59. The van der Waals surface area contributed by atoms with Gasteiger partial charge in [-0.05, 0) is 170 Å². The molecule has 674 valence electrons. The molecule has 0 unspecified atom stereocenters. The summed E-state index contributed by atoms with van der Waals surface area (Å²) in [7, 11) is 10.6. The minimum Gasteiger partial charge on any atom is -0.497 e. The second kappa shape index (κ2) is 47.8. The van der Waals surface area contributed by atoms with Gasteiger partial charge in [-0.2, -0.15) is 4.68 Å². The van der Waals surface area contributed by atoms with Crippen LogP contribution in [0.25, 0.3) is 28.0 Å². The Bertz CT molecular complexity index is 5970. The van der Waals surface area contributed by atoms with E-state index in [2.05, 4.69) is 96.5 Å². The number of ketones is 1. The van der Waals surface area contributed by atoms with E-state index >= 15 is 0 Å². The molecule has 6 heterocycles. The van der Waals surface area contributed by atoms with E-state index in [4.69, 9.17) is 45.4 Å². The van der Waals surface area contributed by atoms with Gasteiger partial charge in [-0.25, -0.2) is 14.3 Å². The molecule has 0 atom stereocenters. The number of thioether (sulfide) groups is 3. The highest BCUT2D eigenvalue weighted by Crippen LogP contribution is 2.39. The average molecular weight is 1830 g/mol. The molecule has 7 N–H and O–H groups in total. The number of nitrogen functional groups attached to an aromatic ring is 1. The summed E-state index contributed by atoms with van der Waals surface area (Å²) in [5.74, 6) is 2.34. The molecular formula is C90H98ClN19O16S3. The molecule has 6 amide bonds. The Morgan fingerprint density at radius 3 is 1.93 bits per heavy atom. The lowest BCUT2D eigenvalue weighted by Gasteiger charge is -2.35. The van der Waals surface area contributed by atoms with E-state index in [9.17, 15) is 43.2 Å². The predicted molar refractivity (Wildman–Crippen MR) is 492 cm³/mol. The van der Waals surface area contributed by atoms with Crippen molar-refractivity contribution in [2.75, 3.05) is 119 Å². The molecule has 4 aromatic heterocycles. The number of fused-ring (bicyclic) bond motifs is 3. The fourth-order valence-electron chi connectivity index (χ4n) is 13.0. The number of hydrogen-bond acceptors (Lipinski definition) is 29. The Morgan fingerprint density at radius 1 is 0.589 bits per heavy atom. The molecule has 0 bridgehead atoms. The minimum absolute atomic E-state index is 0.0419. The normalized spacial score (nSPS) is 12.4. The zero-order valence-corrected chi connectivity index (χ0v) is 75.6. The predicted octanol–water partition coefficient (Wildman–Crippen LogP) is 12.4. The van der Waals surface area contributed by atoms with Gasteiger partial charge >= 0.3 is 11.6 Å². The van der Waals surface area contributed by atoms with E-state index in [1.54, 1.807) is 104 Å². The molecule has 1 fully saturated rings. The summed E-state index contributed by atoms with van der Waals surface area (Å²) in [6.07, 6.45) is 7.37. The quantitative estimate of drug-likeness (QED) is 0.0120. The Balaban J connectivity index is 0.000000157. The number of para-hydroxylation sites is 2. The van der Waals surface area contributed by atoms with Crippen molar-refractivity contribution in [1.29, 1.82) is 0 Å².